The molecule has 0 saturated carbocycles. The maximum atomic E-state index is 12.7. The fourth-order valence-electron chi connectivity index (χ4n) is 3.78. The highest BCUT2D eigenvalue weighted by atomic mass is 32.2. The largest absolute Gasteiger partial charge is 0.315 e. The summed E-state index contributed by atoms with van der Waals surface area (Å²) in [7, 11) is 0. The van der Waals surface area contributed by atoms with E-state index in [1.807, 2.05) is 0 Å². The first-order valence-corrected chi connectivity index (χ1v) is 10.3. The first-order chi connectivity index (χ1) is 11.5. The van der Waals surface area contributed by atoms with Crippen molar-refractivity contribution in [2.75, 3.05) is 24.2 Å². The van der Waals surface area contributed by atoms with Gasteiger partial charge in [0.05, 0.1) is 10.6 Å². The lowest BCUT2D eigenvalue weighted by Crippen LogP contribution is -2.48. The van der Waals surface area contributed by atoms with Crippen molar-refractivity contribution in [3.63, 3.8) is 0 Å². The van der Waals surface area contributed by atoms with E-state index in [1.54, 1.807) is 28.0 Å². The summed E-state index contributed by atoms with van der Waals surface area (Å²) in [6, 6.07) is -0.372. The topological polar surface area (TPSA) is 65.5 Å². The van der Waals surface area contributed by atoms with Gasteiger partial charge in [-0.2, -0.15) is 0 Å². The molecular formula is C16H22N4O2S2. The summed E-state index contributed by atoms with van der Waals surface area (Å²) in [6.45, 7) is 7.21. The average molecular weight is 367 g/mol. The first-order valence-electron chi connectivity index (χ1n) is 8.48. The number of hydrogen-bond donors (Lipinski definition) is 1. The van der Waals surface area contributed by atoms with Gasteiger partial charge in [0.25, 0.3) is 0 Å². The maximum Gasteiger partial charge on any atom is 0.249 e. The molecular weight excluding hydrogens is 344 g/mol. The summed E-state index contributed by atoms with van der Waals surface area (Å²) in [5.74, 6) is 0.669. The fraction of sp³-hybridized carbons (Fsp3) is 0.688. The summed E-state index contributed by atoms with van der Waals surface area (Å²) >= 11 is 3.29. The number of thioether (sulfide) groups is 1. The molecule has 0 aliphatic carbocycles. The van der Waals surface area contributed by atoms with E-state index in [0.717, 1.165) is 38.2 Å². The van der Waals surface area contributed by atoms with Gasteiger partial charge in [-0.05, 0) is 19.9 Å². The molecule has 1 aromatic heterocycles. The standard InChI is InChI=1S/C16H22N4O2S2/c1-3-19-7-5-10-12(8-19)24-15(17-10)18-14(22)11-9-23-16(2)6-4-13(21)20(11)16/h11H,3-9H2,1-2H3,(H,17,18,22). The number of carbonyl (C=O) groups is 2. The molecule has 4 rings (SSSR count). The molecule has 2 atom stereocenters. The van der Waals surface area contributed by atoms with E-state index in [0.29, 0.717) is 17.3 Å². The van der Waals surface area contributed by atoms with Gasteiger partial charge < -0.3 is 10.2 Å². The SMILES string of the molecule is CCN1CCc2nc(NC(=O)C3CSC4(C)CCC(=O)N34)sc2C1. The molecule has 2 amide bonds. The van der Waals surface area contributed by atoms with Crippen LogP contribution in [0.15, 0.2) is 0 Å². The Balaban J connectivity index is 1.47. The van der Waals surface area contributed by atoms with Gasteiger partial charge >= 0.3 is 0 Å². The molecule has 0 radical (unpaired) electrons. The lowest BCUT2D eigenvalue weighted by atomic mass is 10.2. The van der Waals surface area contributed by atoms with Crippen molar-refractivity contribution in [1.82, 2.24) is 14.8 Å². The summed E-state index contributed by atoms with van der Waals surface area (Å²) < 4.78 is 0. The van der Waals surface area contributed by atoms with Crippen LogP contribution < -0.4 is 5.32 Å². The maximum absolute atomic E-state index is 12.7. The molecule has 24 heavy (non-hydrogen) atoms. The molecule has 6 nitrogen and oxygen atoms in total. The van der Waals surface area contributed by atoms with Crippen molar-refractivity contribution in [1.29, 1.82) is 0 Å². The number of carbonyl (C=O) groups excluding carboxylic acids is 2. The van der Waals surface area contributed by atoms with Crippen LogP contribution in [-0.4, -0.2) is 56.4 Å². The number of hydrogen-bond acceptors (Lipinski definition) is 6. The Morgan fingerprint density at radius 3 is 3.08 bits per heavy atom. The molecule has 1 N–H and O–H groups in total. The minimum absolute atomic E-state index is 0.0969. The third kappa shape index (κ3) is 2.64. The first kappa shape index (κ1) is 16.4. The number of nitrogens with one attached hydrogen (secondary N) is 1. The van der Waals surface area contributed by atoms with E-state index in [9.17, 15) is 9.59 Å². The van der Waals surface area contributed by atoms with E-state index in [4.69, 9.17) is 0 Å². The van der Waals surface area contributed by atoms with Gasteiger partial charge in [-0.1, -0.05) is 6.92 Å². The van der Waals surface area contributed by atoms with Crippen LogP contribution in [0.4, 0.5) is 5.13 Å². The molecule has 2 fully saturated rings. The Bertz CT molecular complexity index is 692. The van der Waals surface area contributed by atoms with Crippen molar-refractivity contribution < 1.29 is 9.59 Å². The molecule has 0 bridgehead atoms. The van der Waals surface area contributed by atoms with Gasteiger partial charge in [0.2, 0.25) is 11.8 Å². The van der Waals surface area contributed by atoms with Gasteiger partial charge in [0.15, 0.2) is 5.13 Å². The molecule has 1 aromatic rings. The van der Waals surface area contributed by atoms with Crippen molar-refractivity contribution in [3.8, 4) is 0 Å². The Morgan fingerprint density at radius 2 is 2.29 bits per heavy atom. The van der Waals surface area contributed by atoms with Crippen LogP contribution in [-0.2, 0) is 22.6 Å². The second-order valence-electron chi connectivity index (χ2n) is 6.76. The van der Waals surface area contributed by atoms with E-state index >= 15 is 0 Å². The minimum Gasteiger partial charge on any atom is -0.315 e. The zero-order valence-electron chi connectivity index (χ0n) is 14.0. The predicted molar refractivity (Wildman–Crippen MR) is 96.1 cm³/mol. The minimum atomic E-state index is -0.372. The summed E-state index contributed by atoms with van der Waals surface area (Å²) in [4.78, 5) is 34.7. The van der Waals surface area contributed by atoms with Gasteiger partial charge in [-0.25, -0.2) is 4.98 Å². The second-order valence-corrected chi connectivity index (χ2v) is 9.35. The number of amides is 2. The van der Waals surface area contributed by atoms with Gasteiger partial charge in [0, 0.05) is 36.6 Å². The summed E-state index contributed by atoms with van der Waals surface area (Å²) in [6.07, 6.45) is 2.32. The van der Waals surface area contributed by atoms with Crippen molar-refractivity contribution >= 4 is 40.0 Å². The quantitative estimate of drug-likeness (QED) is 0.885. The van der Waals surface area contributed by atoms with E-state index in [-0.39, 0.29) is 22.7 Å². The van der Waals surface area contributed by atoms with Crippen molar-refractivity contribution in [2.45, 2.75) is 50.6 Å². The molecule has 4 heterocycles. The summed E-state index contributed by atoms with van der Waals surface area (Å²) in [5.41, 5.74) is 1.11. The number of anilines is 1. The zero-order chi connectivity index (χ0) is 16.9. The van der Waals surface area contributed by atoms with Crippen LogP contribution in [0.25, 0.3) is 0 Å². The van der Waals surface area contributed by atoms with Gasteiger partial charge in [-0.3, -0.25) is 14.5 Å². The van der Waals surface area contributed by atoms with E-state index < -0.39 is 0 Å². The Labute approximate surface area is 150 Å². The highest BCUT2D eigenvalue weighted by Gasteiger charge is 2.53. The average Bonchev–Trinajstić information content (AvgIpc) is 3.19. The molecule has 0 spiro atoms. The number of likely N-dealkylation sites (N-methyl/N-ethyl adjacent to an activating group) is 1. The predicted octanol–water partition coefficient (Wildman–Crippen LogP) is 1.91. The van der Waals surface area contributed by atoms with Crippen LogP contribution >= 0.6 is 23.1 Å². The fourth-order valence-corrected chi connectivity index (χ4v) is 6.26. The monoisotopic (exact) mass is 366 g/mol. The highest BCUT2D eigenvalue weighted by Crippen LogP contribution is 2.47. The number of rotatable bonds is 3. The van der Waals surface area contributed by atoms with Crippen LogP contribution in [0, 0.1) is 0 Å². The molecule has 0 aromatic carbocycles. The third-order valence-electron chi connectivity index (χ3n) is 5.24. The molecule has 130 valence electrons. The number of fused-ring (bicyclic) bond motifs is 2. The molecule has 3 aliphatic heterocycles. The summed E-state index contributed by atoms with van der Waals surface area (Å²) in [5, 5.41) is 3.64. The lowest BCUT2D eigenvalue weighted by molar-refractivity contribution is -0.135. The Morgan fingerprint density at radius 1 is 1.46 bits per heavy atom. The second kappa shape index (κ2) is 6.00. The normalized spacial score (nSPS) is 29.7. The van der Waals surface area contributed by atoms with Gasteiger partial charge in [0.1, 0.15) is 6.04 Å². The molecule has 2 saturated heterocycles. The van der Waals surface area contributed by atoms with E-state index in [2.05, 4.69) is 29.0 Å². The van der Waals surface area contributed by atoms with Crippen LogP contribution in [0.3, 0.4) is 0 Å². The molecule has 8 heteroatoms. The van der Waals surface area contributed by atoms with Crippen LogP contribution in [0.5, 0.6) is 0 Å². The van der Waals surface area contributed by atoms with Gasteiger partial charge in [-0.15, -0.1) is 23.1 Å². The van der Waals surface area contributed by atoms with Crippen LogP contribution in [0.2, 0.25) is 0 Å². The molecule has 3 aliphatic rings. The Hall–Kier alpha value is -1.12. The zero-order valence-corrected chi connectivity index (χ0v) is 15.6. The molecule has 2 unspecified atom stereocenters. The third-order valence-corrected chi connectivity index (χ3v) is 7.74. The van der Waals surface area contributed by atoms with Crippen molar-refractivity contribution in [2.24, 2.45) is 0 Å². The lowest BCUT2D eigenvalue weighted by Gasteiger charge is -2.29. The van der Waals surface area contributed by atoms with Crippen LogP contribution in [0.1, 0.15) is 37.3 Å². The highest BCUT2D eigenvalue weighted by molar-refractivity contribution is 8.01. The number of nitrogens with zero attached hydrogens (tertiary/aromatic N) is 3. The number of aromatic nitrogens is 1. The Kier molecular flexibility index (Phi) is 4.09. The van der Waals surface area contributed by atoms with Crippen molar-refractivity contribution in [3.05, 3.63) is 10.6 Å². The smallest absolute Gasteiger partial charge is 0.249 e. The van der Waals surface area contributed by atoms with E-state index in [1.165, 1.54) is 4.88 Å². The number of thiazole rings is 1.